The van der Waals surface area contributed by atoms with Crippen molar-refractivity contribution in [3.05, 3.63) is 34.5 Å². The molecule has 4 N–H and O–H groups in total. The van der Waals surface area contributed by atoms with Crippen LogP contribution in [0.15, 0.2) is 26.9 Å². The number of aliphatic hydroxyl groups is 1. The van der Waals surface area contributed by atoms with Gasteiger partial charge in [-0.05, 0) is 48.9 Å². The molecule has 8 nitrogen and oxygen atoms in total. The minimum Gasteiger partial charge on any atom is -0.435 e. The average molecular weight is 491 g/mol. The van der Waals surface area contributed by atoms with Gasteiger partial charge in [0, 0.05) is 5.69 Å². The molecular weight excluding hydrogens is 462 g/mol. The van der Waals surface area contributed by atoms with Crippen LogP contribution >= 0.6 is 11.3 Å². The Morgan fingerprint density at radius 1 is 1.25 bits per heavy atom. The summed E-state index contributed by atoms with van der Waals surface area (Å²) in [5.41, 5.74) is 0.227. The highest BCUT2D eigenvalue weighted by Gasteiger charge is 2.24. The molecule has 0 saturated heterocycles. The van der Waals surface area contributed by atoms with Gasteiger partial charge in [0.1, 0.15) is 20.6 Å². The SMILES string of the molecule is CC(C)c1cc(OC(F)F)cc(C(C)C)c1NC(=O)N=[S@@](N)(=O)c1cnc(C(C)(C)O)s1. The number of nitrogens with zero attached hydrogens (tertiary/aromatic N) is 2. The number of hydrogen-bond donors (Lipinski definition) is 3. The normalized spacial score (nSPS) is 14.0. The van der Waals surface area contributed by atoms with Crippen LogP contribution in [0.4, 0.5) is 19.3 Å². The summed E-state index contributed by atoms with van der Waals surface area (Å²) in [6.45, 7) is 7.38. The van der Waals surface area contributed by atoms with Crippen molar-refractivity contribution >= 4 is 33.0 Å². The van der Waals surface area contributed by atoms with Gasteiger partial charge in [-0.3, -0.25) is 0 Å². The lowest BCUT2D eigenvalue weighted by Gasteiger charge is -2.21. The molecule has 2 amide bonds. The molecule has 1 aromatic heterocycles. The standard InChI is InChI=1S/C20H28F2N4O4S2/c1-10(2)13-7-12(30-18(21)22)8-14(11(3)4)16(13)25-19(27)26-32(23,29)15-9-24-17(31-15)20(5,6)28/h7-11,18,28H,1-6H3,(H3,23,25,26,27,29)/t32-/m1/s1. The van der Waals surface area contributed by atoms with Gasteiger partial charge in [-0.2, -0.15) is 8.78 Å². The summed E-state index contributed by atoms with van der Waals surface area (Å²) in [5.74, 6) is -0.321. The molecule has 32 heavy (non-hydrogen) atoms. The van der Waals surface area contributed by atoms with Crippen LogP contribution in [0.3, 0.4) is 0 Å². The highest BCUT2D eigenvalue weighted by molar-refractivity contribution is 7.93. The fourth-order valence-corrected chi connectivity index (χ4v) is 4.92. The molecular formula is C20H28F2N4O4S2. The summed E-state index contributed by atoms with van der Waals surface area (Å²) in [4.78, 5) is 16.7. The van der Waals surface area contributed by atoms with Gasteiger partial charge >= 0.3 is 12.6 Å². The second-order valence-corrected chi connectivity index (χ2v) is 11.3. The maximum Gasteiger partial charge on any atom is 0.387 e. The molecule has 0 radical (unpaired) electrons. The lowest BCUT2D eigenvalue weighted by Crippen LogP contribution is -2.18. The maximum absolute atomic E-state index is 12.9. The maximum atomic E-state index is 12.9. The molecule has 0 aliphatic heterocycles. The Hall–Kier alpha value is -2.15. The molecule has 0 aliphatic carbocycles. The predicted octanol–water partition coefficient (Wildman–Crippen LogP) is 5.15. The van der Waals surface area contributed by atoms with Crippen molar-refractivity contribution in [1.82, 2.24) is 4.98 Å². The van der Waals surface area contributed by atoms with Crippen LogP contribution in [-0.2, 0) is 15.5 Å². The molecule has 0 saturated carbocycles. The van der Waals surface area contributed by atoms with Gasteiger partial charge in [-0.25, -0.2) is 19.1 Å². The fourth-order valence-electron chi connectivity index (χ4n) is 2.86. The summed E-state index contributed by atoms with van der Waals surface area (Å²) < 4.78 is 46.6. The number of hydrogen-bond acceptors (Lipinski definition) is 6. The van der Waals surface area contributed by atoms with Crippen LogP contribution in [0.25, 0.3) is 0 Å². The van der Waals surface area contributed by atoms with Crippen LogP contribution < -0.4 is 15.2 Å². The average Bonchev–Trinajstić information content (AvgIpc) is 3.12. The van der Waals surface area contributed by atoms with Gasteiger partial charge in [0.25, 0.3) is 0 Å². The zero-order valence-electron chi connectivity index (χ0n) is 18.7. The predicted molar refractivity (Wildman–Crippen MR) is 121 cm³/mol. The first-order valence-corrected chi connectivity index (χ1v) is 12.2. The number of aromatic nitrogens is 1. The number of alkyl halides is 2. The molecule has 0 spiro atoms. The second-order valence-electron chi connectivity index (χ2n) is 8.30. The van der Waals surface area contributed by atoms with E-state index in [4.69, 9.17) is 5.14 Å². The fraction of sp³-hybridized carbons (Fsp3) is 0.500. The van der Waals surface area contributed by atoms with Crippen molar-refractivity contribution in [2.45, 2.75) is 69.8 Å². The van der Waals surface area contributed by atoms with Crippen LogP contribution in [0, 0.1) is 0 Å². The number of nitrogens with one attached hydrogen (secondary N) is 1. The minimum absolute atomic E-state index is 0.0197. The van der Waals surface area contributed by atoms with Crippen LogP contribution in [0.5, 0.6) is 5.75 Å². The first-order valence-electron chi connectivity index (χ1n) is 9.79. The number of thiazole rings is 1. The highest BCUT2D eigenvalue weighted by Crippen LogP contribution is 2.37. The summed E-state index contributed by atoms with van der Waals surface area (Å²) in [5, 5.41) is 18.7. The third kappa shape index (κ3) is 6.44. The second kappa shape index (κ2) is 9.77. The third-order valence-corrected chi connectivity index (χ3v) is 7.58. The monoisotopic (exact) mass is 490 g/mol. The van der Waals surface area contributed by atoms with E-state index in [1.165, 1.54) is 32.2 Å². The summed E-state index contributed by atoms with van der Waals surface area (Å²) in [7, 11) is -3.63. The van der Waals surface area contributed by atoms with Crippen molar-refractivity contribution in [2.75, 3.05) is 5.32 Å². The van der Waals surface area contributed by atoms with Gasteiger partial charge in [0.15, 0.2) is 9.92 Å². The molecule has 1 heterocycles. The van der Waals surface area contributed by atoms with E-state index in [1.807, 2.05) is 27.7 Å². The molecule has 12 heteroatoms. The zero-order valence-corrected chi connectivity index (χ0v) is 20.3. The molecule has 0 bridgehead atoms. The Labute approximate surface area is 190 Å². The van der Waals surface area contributed by atoms with Gasteiger partial charge in [-0.1, -0.05) is 27.7 Å². The van der Waals surface area contributed by atoms with Crippen molar-refractivity contribution in [3.63, 3.8) is 0 Å². The van der Waals surface area contributed by atoms with Crippen molar-refractivity contribution in [1.29, 1.82) is 0 Å². The van der Waals surface area contributed by atoms with Gasteiger partial charge in [0.05, 0.1) is 6.20 Å². The Morgan fingerprint density at radius 3 is 2.19 bits per heavy atom. The van der Waals surface area contributed by atoms with Crippen LogP contribution in [-0.4, -0.2) is 26.9 Å². The number of benzene rings is 1. The topological polar surface area (TPSA) is 127 Å². The molecule has 2 aromatic rings. The zero-order chi connectivity index (χ0) is 24.4. The Kier molecular flexibility index (Phi) is 7.97. The van der Waals surface area contributed by atoms with E-state index in [9.17, 15) is 22.9 Å². The number of anilines is 1. The van der Waals surface area contributed by atoms with E-state index in [0.29, 0.717) is 16.8 Å². The number of carbonyl (C=O) groups is 1. The third-order valence-electron chi connectivity index (χ3n) is 4.39. The van der Waals surface area contributed by atoms with E-state index in [1.54, 1.807) is 0 Å². The lowest BCUT2D eigenvalue weighted by atomic mass is 9.92. The van der Waals surface area contributed by atoms with Crippen molar-refractivity contribution in [2.24, 2.45) is 9.50 Å². The molecule has 0 aliphatic rings. The largest absolute Gasteiger partial charge is 0.435 e. The molecule has 1 atom stereocenters. The van der Waals surface area contributed by atoms with Gasteiger partial charge < -0.3 is 15.2 Å². The van der Waals surface area contributed by atoms with E-state index >= 15 is 0 Å². The van der Waals surface area contributed by atoms with Gasteiger partial charge in [-0.15, -0.1) is 15.7 Å². The van der Waals surface area contributed by atoms with E-state index in [-0.39, 0.29) is 26.8 Å². The minimum atomic E-state index is -3.63. The molecule has 178 valence electrons. The van der Waals surface area contributed by atoms with Crippen LogP contribution in [0.1, 0.15) is 69.5 Å². The number of ether oxygens (including phenoxy) is 1. The molecule has 1 aromatic carbocycles. The lowest BCUT2D eigenvalue weighted by molar-refractivity contribution is -0.0499. The Morgan fingerprint density at radius 2 is 1.78 bits per heavy atom. The first-order chi connectivity index (χ1) is 14.6. The van der Waals surface area contributed by atoms with E-state index in [2.05, 4.69) is 19.4 Å². The number of urea groups is 1. The number of halogens is 2. The Bertz CT molecular complexity index is 1070. The highest BCUT2D eigenvalue weighted by atomic mass is 32.2. The molecule has 0 unspecified atom stereocenters. The summed E-state index contributed by atoms with van der Waals surface area (Å²) in [6.07, 6.45) is 1.21. The summed E-state index contributed by atoms with van der Waals surface area (Å²) in [6, 6.07) is 1.90. The van der Waals surface area contributed by atoms with Crippen molar-refractivity contribution in [3.8, 4) is 5.75 Å². The van der Waals surface area contributed by atoms with Gasteiger partial charge in [0.2, 0.25) is 0 Å². The molecule has 2 rings (SSSR count). The van der Waals surface area contributed by atoms with E-state index in [0.717, 1.165) is 11.3 Å². The summed E-state index contributed by atoms with van der Waals surface area (Å²) >= 11 is 0.896. The van der Waals surface area contributed by atoms with Crippen LogP contribution in [0.2, 0.25) is 0 Å². The van der Waals surface area contributed by atoms with Crippen molar-refractivity contribution < 1.29 is 27.6 Å². The number of rotatable bonds is 7. The van der Waals surface area contributed by atoms with E-state index < -0.39 is 28.2 Å². The first kappa shape index (κ1) is 26.1. The number of carbonyl (C=O) groups excluding carboxylic acids is 1. The quantitative estimate of drug-likeness (QED) is 0.495. The molecule has 0 fully saturated rings. The number of nitrogens with two attached hydrogens (primary N) is 1. The smallest absolute Gasteiger partial charge is 0.387 e. The number of amides is 2. The Balaban J connectivity index is 2.47.